The number of rotatable bonds is 3. The van der Waals surface area contributed by atoms with Gasteiger partial charge in [0, 0.05) is 24.6 Å². The summed E-state index contributed by atoms with van der Waals surface area (Å²) in [4.78, 5) is 14.4. The van der Waals surface area contributed by atoms with Gasteiger partial charge in [0.2, 0.25) is 0 Å². The number of likely N-dealkylation sites (tertiary alicyclic amines) is 1. The van der Waals surface area contributed by atoms with Crippen molar-refractivity contribution in [2.24, 2.45) is 5.16 Å². The zero-order chi connectivity index (χ0) is 15.4. The highest BCUT2D eigenvalue weighted by molar-refractivity contribution is 6.45. The molecule has 0 aliphatic carbocycles. The lowest BCUT2D eigenvalue weighted by Crippen LogP contribution is -2.35. The molecule has 112 valence electrons. The molecule has 0 aromatic heterocycles. The summed E-state index contributed by atoms with van der Waals surface area (Å²) >= 11 is 0. The minimum Gasteiger partial charge on any atom is -0.410 e. The van der Waals surface area contributed by atoms with Crippen molar-refractivity contribution in [1.82, 2.24) is 4.90 Å². The van der Waals surface area contributed by atoms with Crippen LogP contribution in [-0.4, -0.2) is 34.8 Å². The van der Waals surface area contributed by atoms with Crippen LogP contribution in [0.5, 0.6) is 0 Å². The van der Waals surface area contributed by atoms with Gasteiger partial charge in [-0.05, 0) is 12.0 Å². The van der Waals surface area contributed by atoms with Crippen LogP contribution >= 0.6 is 0 Å². The Morgan fingerprint density at radius 2 is 1.68 bits per heavy atom. The Labute approximate surface area is 129 Å². The van der Waals surface area contributed by atoms with Crippen LogP contribution < -0.4 is 0 Å². The molecule has 0 radical (unpaired) electrons. The summed E-state index contributed by atoms with van der Waals surface area (Å²) in [5.41, 5.74) is 1.99. The van der Waals surface area contributed by atoms with Crippen LogP contribution in [0.2, 0.25) is 0 Å². The number of carbonyl (C=O) groups is 1. The minimum absolute atomic E-state index is 0.106. The maximum absolute atomic E-state index is 12.6. The van der Waals surface area contributed by atoms with Crippen LogP contribution in [0.1, 0.15) is 23.5 Å². The number of amides is 1. The van der Waals surface area contributed by atoms with E-state index in [0.29, 0.717) is 24.6 Å². The van der Waals surface area contributed by atoms with E-state index in [1.165, 1.54) is 5.56 Å². The van der Waals surface area contributed by atoms with Crippen LogP contribution in [0.15, 0.2) is 65.8 Å². The molecule has 4 heteroatoms. The summed E-state index contributed by atoms with van der Waals surface area (Å²) < 4.78 is 0. The molecule has 1 saturated heterocycles. The summed E-state index contributed by atoms with van der Waals surface area (Å²) in [6, 6.07) is 19.3. The Kier molecular flexibility index (Phi) is 4.19. The van der Waals surface area contributed by atoms with Gasteiger partial charge < -0.3 is 10.1 Å². The Hall–Kier alpha value is -2.62. The van der Waals surface area contributed by atoms with Crippen molar-refractivity contribution in [3.8, 4) is 0 Å². The van der Waals surface area contributed by atoms with Gasteiger partial charge in [-0.25, -0.2) is 0 Å². The van der Waals surface area contributed by atoms with Crippen LogP contribution in [0, 0.1) is 0 Å². The normalized spacial score (nSPS) is 18.5. The Bertz CT molecular complexity index is 668. The fraction of sp³-hybridized carbons (Fsp3) is 0.222. The first-order valence-electron chi connectivity index (χ1n) is 7.41. The van der Waals surface area contributed by atoms with E-state index in [2.05, 4.69) is 17.3 Å². The predicted molar refractivity (Wildman–Crippen MR) is 85.1 cm³/mol. The smallest absolute Gasteiger partial charge is 0.276 e. The Balaban J connectivity index is 1.74. The SMILES string of the molecule is O=C(/C(=N/O)c1ccccc1)N1CCC(c2ccccc2)C1. The van der Waals surface area contributed by atoms with E-state index in [-0.39, 0.29) is 11.6 Å². The van der Waals surface area contributed by atoms with Crippen molar-refractivity contribution in [2.75, 3.05) is 13.1 Å². The predicted octanol–water partition coefficient (Wildman–Crippen LogP) is 2.88. The second kappa shape index (κ2) is 6.43. The molecule has 1 amide bonds. The molecule has 0 saturated carbocycles. The fourth-order valence-electron chi connectivity index (χ4n) is 2.91. The molecule has 2 aromatic carbocycles. The summed E-state index contributed by atoms with van der Waals surface area (Å²) in [5, 5.41) is 12.5. The molecular formula is C18H18N2O2. The highest BCUT2D eigenvalue weighted by Gasteiger charge is 2.30. The van der Waals surface area contributed by atoms with Crippen molar-refractivity contribution >= 4 is 11.6 Å². The van der Waals surface area contributed by atoms with E-state index in [9.17, 15) is 10.0 Å². The molecule has 1 N–H and O–H groups in total. The second-order valence-corrected chi connectivity index (χ2v) is 5.46. The monoisotopic (exact) mass is 294 g/mol. The summed E-state index contributed by atoms with van der Waals surface area (Å²) in [6.45, 7) is 1.35. The molecule has 4 nitrogen and oxygen atoms in total. The van der Waals surface area contributed by atoms with E-state index < -0.39 is 0 Å². The zero-order valence-corrected chi connectivity index (χ0v) is 12.2. The van der Waals surface area contributed by atoms with Gasteiger partial charge in [0.15, 0.2) is 5.71 Å². The number of oxime groups is 1. The molecule has 0 bridgehead atoms. The van der Waals surface area contributed by atoms with Crippen molar-refractivity contribution in [1.29, 1.82) is 0 Å². The number of nitrogens with zero attached hydrogens (tertiary/aromatic N) is 2. The van der Waals surface area contributed by atoms with Crippen LogP contribution in [-0.2, 0) is 4.79 Å². The molecule has 1 atom stereocenters. The third-order valence-corrected chi connectivity index (χ3v) is 4.10. The third kappa shape index (κ3) is 2.86. The third-order valence-electron chi connectivity index (χ3n) is 4.10. The standard InChI is InChI=1S/C18H18N2O2/c21-18(17(19-22)15-9-5-2-6-10-15)20-12-11-16(13-20)14-7-3-1-4-8-14/h1-10,16,22H,11-13H2/b19-17+. The fourth-order valence-corrected chi connectivity index (χ4v) is 2.91. The van der Waals surface area contributed by atoms with Crippen LogP contribution in [0.25, 0.3) is 0 Å². The van der Waals surface area contributed by atoms with Crippen molar-refractivity contribution in [3.05, 3.63) is 71.8 Å². The van der Waals surface area contributed by atoms with Gasteiger partial charge in [-0.2, -0.15) is 0 Å². The average molecular weight is 294 g/mol. The van der Waals surface area contributed by atoms with Crippen LogP contribution in [0.3, 0.4) is 0 Å². The van der Waals surface area contributed by atoms with E-state index in [4.69, 9.17) is 0 Å². The first kappa shape index (κ1) is 14.3. The van der Waals surface area contributed by atoms with Crippen molar-refractivity contribution < 1.29 is 10.0 Å². The maximum Gasteiger partial charge on any atom is 0.276 e. The number of hydrogen-bond acceptors (Lipinski definition) is 3. The molecule has 1 aliphatic rings. The molecule has 3 rings (SSSR count). The van der Waals surface area contributed by atoms with Gasteiger partial charge >= 0.3 is 0 Å². The lowest BCUT2D eigenvalue weighted by atomic mass is 9.99. The molecule has 2 aromatic rings. The molecule has 1 unspecified atom stereocenters. The molecule has 22 heavy (non-hydrogen) atoms. The highest BCUT2D eigenvalue weighted by Crippen LogP contribution is 2.27. The quantitative estimate of drug-likeness (QED) is 0.537. The number of carbonyl (C=O) groups excluding carboxylic acids is 1. The van der Waals surface area contributed by atoms with Gasteiger partial charge in [0.1, 0.15) is 0 Å². The zero-order valence-electron chi connectivity index (χ0n) is 12.2. The highest BCUT2D eigenvalue weighted by atomic mass is 16.4. The second-order valence-electron chi connectivity index (χ2n) is 5.46. The summed E-state index contributed by atoms with van der Waals surface area (Å²) in [7, 11) is 0. The first-order valence-corrected chi connectivity index (χ1v) is 7.41. The summed E-state index contributed by atoms with van der Waals surface area (Å²) in [5.74, 6) is 0.132. The van der Waals surface area contributed by atoms with Crippen molar-refractivity contribution in [3.63, 3.8) is 0 Å². The lowest BCUT2D eigenvalue weighted by molar-refractivity contribution is -0.123. The Morgan fingerprint density at radius 3 is 2.32 bits per heavy atom. The van der Waals surface area contributed by atoms with Gasteiger partial charge in [-0.3, -0.25) is 4.79 Å². The van der Waals surface area contributed by atoms with Crippen molar-refractivity contribution in [2.45, 2.75) is 12.3 Å². The molecular weight excluding hydrogens is 276 g/mol. The number of hydrogen-bond donors (Lipinski definition) is 1. The first-order chi connectivity index (χ1) is 10.8. The van der Waals surface area contributed by atoms with Gasteiger partial charge in [-0.1, -0.05) is 65.8 Å². The minimum atomic E-state index is -0.216. The Morgan fingerprint density at radius 1 is 1.05 bits per heavy atom. The lowest BCUT2D eigenvalue weighted by Gasteiger charge is -2.17. The topological polar surface area (TPSA) is 52.9 Å². The molecule has 1 heterocycles. The average Bonchev–Trinajstić information content (AvgIpc) is 3.07. The van der Waals surface area contributed by atoms with Gasteiger partial charge in [0.05, 0.1) is 0 Å². The largest absolute Gasteiger partial charge is 0.410 e. The van der Waals surface area contributed by atoms with E-state index >= 15 is 0 Å². The molecule has 0 spiro atoms. The van der Waals surface area contributed by atoms with E-state index in [1.54, 1.807) is 17.0 Å². The van der Waals surface area contributed by atoms with Gasteiger partial charge in [0.25, 0.3) is 5.91 Å². The van der Waals surface area contributed by atoms with Gasteiger partial charge in [-0.15, -0.1) is 0 Å². The number of benzene rings is 2. The molecule has 1 fully saturated rings. The van der Waals surface area contributed by atoms with E-state index in [1.807, 2.05) is 36.4 Å². The summed E-state index contributed by atoms with van der Waals surface area (Å²) in [6.07, 6.45) is 0.934. The van der Waals surface area contributed by atoms with Crippen LogP contribution in [0.4, 0.5) is 0 Å². The van der Waals surface area contributed by atoms with E-state index in [0.717, 1.165) is 6.42 Å². The molecule has 1 aliphatic heterocycles. The maximum atomic E-state index is 12.6.